The first-order chi connectivity index (χ1) is 10.0. The number of aliphatic carboxylic acids is 1. The molecule has 1 amide bonds. The Hall–Kier alpha value is -1.92. The van der Waals surface area contributed by atoms with Crippen LogP contribution in [-0.4, -0.2) is 54.9 Å². The minimum absolute atomic E-state index is 0.219. The van der Waals surface area contributed by atoms with Crippen molar-refractivity contribution in [3.05, 3.63) is 35.4 Å². The second kappa shape index (κ2) is 6.69. The first kappa shape index (κ1) is 15.5. The Morgan fingerprint density at radius 2 is 2.29 bits per heavy atom. The quantitative estimate of drug-likeness (QED) is 0.876. The molecule has 1 fully saturated rings. The molecule has 1 saturated heterocycles. The first-order valence-electron chi connectivity index (χ1n) is 6.74. The molecule has 1 aromatic rings. The van der Waals surface area contributed by atoms with Gasteiger partial charge in [-0.05, 0) is 12.5 Å². The Bertz CT molecular complexity index is 531. The van der Waals surface area contributed by atoms with Crippen LogP contribution in [0.15, 0.2) is 24.3 Å². The van der Waals surface area contributed by atoms with Crippen molar-refractivity contribution in [1.29, 1.82) is 0 Å². The Balaban J connectivity index is 2.38. The van der Waals surface area contributed by atoms with Crippen molar-refractivity contribution in [2.75, 3.05) is 26.9 Å². The maximum atomic E-state index is 12.1. The number of methoxy groups -OCH3 is 1. The summed E-state index contributed by atoms with van der Waals surface area (Å²) in [6.45, 7) is 2.38. The summed E-state index contributed by atoms with van der Waals surface area (Å²) in [5, 5.41) is 9.37. The van der Waals surface area contributed by atoms with Crippen molar-refractivity contribution in [3.8, 4) is 0 Å². The summed E-state index contributed by atoms with van der Waals surface area (Å²) < 4.78 is 10.3. The molecule has 114 valence electrons. The zero-order chi connectivity index (χ0) is 15.4. The molecule has 2 unspecified atom stereocenters. The predicted molar refractivity (Wildman–Crippen MR) is 74.9 cm³/mol. The summed E-state index contributed by atoms with van der Waals surface area (Å²) in [7, 11) is 1.54. The summed E-state index contributed by atoms with van der Waals surface area (Å²) in [6.07, 6.45) is -1.07. The molecule has 1 N–H and O–H groups in total. The molecule has 2 rings (SSSR count). The van der Waals surface area contributed by atoms with Gasteiger partial charge in [0.15, 0.2) is 6.10 Å². The topological polar surface area (TPSA) is 76.1 Å². The molecule has 1 heterocycles. The van der Waals surface area contributed by atoms with E-state index in [1.54, 1.807) is 7.11 Å². The monoisotopic (exact) mass is 293 g/mol. The summed E-state index contributed by atoms with van der Waals surface area (Å²) in [4.78, 5) is 25.1. The normalized spacial score (nSPS) is 22.4. The van der Waals surface area contributed by atoms with Crippen LogP contribution in [0.1, 0.15) is 17.2 Å². The number of rotatable bonds is 5. The van der Waals surface area contributed by atoms with Crippen LogP contribution in [0.4, 0.5) is 0 Å². The molecule has 1 aliphatic heterocycles. The van der Waals surface area contributed by atoms with E-state index in [1.807, 2.05) is 31.2 Å². The van der Waals surface area contributed by atoms with Crippen LogP contribution in [0.25, 0.3) is 0 Å². The van der Waals surface area contributed by atoms with E-state index in [4.69, 9.17) is 9.47 Å². The molecule has 0 aromatic heterocycles. The standard InChI is InChI=1S/C15H19NO5/c1-10-4-3-5-11(8-10)13-14(15(18)19)21-9-12(17)16(13)6-7-20-2/h3-5,8,13-14H,6-7,9H2,1-2H3,(H,18,19). The van der Waals surface area contributed by atoms with E-state index in [-0.39, 0.29) is 12.5 Å². The predicted octanol–water partition coefficient (Wildman–Crippen LogP) is 0.995. The number of amides is 1. The number of carbonyl (C=O) groups excluding carboxylic acids is 1. The third kappa shape index (κ3) is 3.40. The van der Waals surface area contributed by atoms with Gasteiger partial charge < -0.3 is 19.5 Å². The van der Waals surface area contributed by atoms with Crippen LogP contribution in [0, 0.1) is 6.92 Å². The number of hydrogen-bond acceptors (Lipinski definition) is 4. The van der Waals surface area contributed by atoms with E-state index >= 15 is 0 Å². The average Bonchev–Trinajstić information content (AvgIpc) is 2.45. The fourth-order valence-electron chi connectivity index (χ4n) is 2.52. The first-order valence-corrected chi connectivity index (χ1v) is 6.74. The number of hydrogen-bond donors (Lipinski definition) is 1. The van der Waals surface area contributed by atoms with Gasteiger partial charge in [0.1, 0.15) is 6.61 Å². The zero-order valence-electron chi connectivity index (χ0n) is 12.1. The molecule has 1 aliphatic rings. The highest BCUT2D eigenvalue weighted by atomic mass is 16.5. The van der Waals surface area contributed by atoms with Crippen LogP contribution in [0.2, 0.25) is 0 Å². The van der Waals surface area contributed by atoms with Gasteiger partial charge in [-0.25, -0.2) is 4.79 Å². The van der Waals surface area contributed by atoms with E-state index in [1.165, 1.54) is 4.90 Å². The van der Waals surface area contributed by atoms with Crippen molar-refractivity contribution in [2.24, 2.45) is 0 Å². The van der Waals surface area contributed by atoms with Gasteiger partial charge in [-0.3, -0.25) is 4.79 Å². The Morgan fingerprint density at radius 3 is 2.90 bits per heavy atom. The summed E-state index contributed by atoms with van der Waals surface area (Å²) in [6, 6.07) is 6.82. The third-order valence-electron chi connectivity index (χ3n) is 3.49. The number of aryl methyl sites for hydroxylation is 1. The molecule has 0 aliphatic carbocycles. The van der Waals surface area contributed by atoms with E-state index in [2.05, 4.69) is 0 Å². The molecule has 0 bridgehead atoms. The van der Waals surface area contributed by atoms with Crippen molar-refractivity contribution < 1.29 is 24.2 Å². The second-order valence-corrected chi connectivity index (χ2v) is 5.01. The molecular formula is C15H19NO5. The third-order valence-corrected chi connectivity index (χ3v) is 3.49. The Kier molecular flexibility index (Phi) is 4.93. The summed E-state index contributed by atoms with van der Waals surface area (Å²) in [5.41, 5.74) is 1.76. The fraction of sp³-hybridized carbons (Fsp3) is 0.467. The molecule has 2 atom stereocenters. The second-order valence-electron chi connectivity index (χ2n) is 5.01. The molecule has 6 heteroatoms. The minimum atomic E-state index is -1.07. The number of ether oxygens (including phenoxy) is 2. The van der Waals surface area contributed by atoms with Gasteiger partial charge in [-0.1, -0.05) is 29.8 Å². The van der Waals surface area contributed by atoms with E-state index in [9.17, 15) is 14.7 Å². The summed E-state index contributed by atoms with van der Waals surface area (Å²) >= 11 is 0. The van der Waals surface area contributed by atoms with Crippen LogP contribution < -0.4 is 0 Å². The van der Waals surface area contributed by atoms with Crippen molar-refractivity contribution in [2.45, 2.75) is 19.1 Å². The number of carboxylic acids is 1. The van der Waals surface area contributed by atoms with Crippen LogP contribution in [0.5, 0.6) is 0 Å². The number of carbonyl (C=O) groups is 2. The van der Waals surface area contributed by atoms with Gasteiger partial charge in [-0.2, -0.15) is 0 Å². The fourth-order valence-corrected chi connectivity index (χ4v) is 2.52. The minimum Gasteiger partial charge on any atom is -0.479 e. The Labute approximate surface area is 123 Å². The van der Waals surface area contributed by atoms with Crippen LogP contribution >= 0.6 is 0 Å². The largest absolute Gasteiger partial charge is 0.479 e. The lowest BCUT2D eigenvalue weighted by Crippen LogP contribution is -2.52. The van der Waals surface area contributed by atoms with Gasteiger partial charge in [-0.15, -0.1) is 0 Å². The number of nitrogens with zero attached hydrogens (tertiary/aromatic N) is 1. The lowest BCUT2D eigenvalue weighted by atomic mass is 9.96. The van der Waals surface area contributed by atoms with Gasteiger partial charge in [0.05, 0.1) is 12.6 Å². The van der Waals surface area contributed by atoms with Gasteiger partial charge in [0.2, 0.25) is 5.91 Å². The van der Waals surface area contributed by atoms with Gasteiger partial charge >= 0.3 is 5.97 Å². The molecule has 0 saturated carbocycles. The summed E-state index contributed by atoms with van der Waals surface area (Å²) in [5.74, 6) is -1.30. The highest BCUT2D eigenvalue weighted by molar-refractivity contribution is 5.83. The number of benzene rings is 1. The highest BCUT2D eigenvalue weighted by Gasteiger charge is 2.41. The number of morpholine rings is 1. The molecule has 1 aromatic carbocycles. The lowest BCUT2D eigenvalue weighted by molar-refractivity contribution is -0.173. The maximum absolute atomic E-state index is 12.1. The smallest absolute Gasteiger partial charge is 0.335 e. The van der Waals surface area contributed by atoms with Gasteiger partial charge in [0.25, 0.3) is 0 Å². The highest BCUT2D eigenvalue weighted by Crippen LogP contribution is 2.30. The van der Waals surface area contributed by atoms with Crippen molar-refractivity contribution >= 4 is 11.9 Å². The van der Waals surface area contributed by atoms with Crippen molar-refractivity contribution in [3.63, 3.8) is 0 Å². The molecule has 6 nitrogen and oxygen atoms in total. The van der Waals surface area contributed by atoms with E-state index in [0.717, 1.165) is 11.1 Å². The van der Waals surface area contributed by atoms with E-state index in [0.29, 0.717) is 13.2 Å². The lowest BCUT2D eigenvalue weighted by Gasteiger charge is -2.39. The van der Waals surface area contributed by atoms with Gasteiger partial charge in [0, 0.05) is 13.7 Å². The maximum Gasteiger partial charge on any atom is 0.335 e. The Morgan fingerprint density at radius 1 is 1.52 bits per heavy atom. The van der Waals surface area contributed by atoms with E-state index < -0.39 is 18.1 Å². The molecule has 0 spiro atoms. The SMILES string of the molecule is COCCN1C(=O)COC(C(=O)O)C1c1cccc(C)c1. The van der Waals surface area contributed by atoms with Crippen molar-refractivity contribution in [1.82, 2.24) is 4.90 Å². The van der Waals surface area contributed by atoms with Crippen LogP contribution in [0.3, 0.4) is 0 Å². The zero-order valence-corrected chi connectivity index (χ0v) is 12.1. The average molecular weight is 293 g/mol. The molecular weight excluding hydrogens is 274 g/mol. The number of carboxylic acid groups (broad SMARTS) is 1. The van der Waals surface area contributed by atoms with Crippen LogP contribution in [-0.2, 0) is 19.1 Å². The molecule has 21 heavy (non-hydrogen) atoms. The molecule has 0 radical (unpaired) electrons.